The fourth-order valence-electron chi connectivity index (χ4n) is 2.20. The Balaban J connectivity index is 2.50. The fourth-order valence-corrected chi connectivity index (χ4v) is 2.58. The summed E-state index contributed by atoms with van der Waals surface area (Å²) in [6.45, 7) is 2.58. The molecular formula is C16H16BrF2NO. The minimum Gasteiger partial charge on any atom is -0.494 e. The Bertz CT molecular complexity index is 634. The van der Waals surface area contributed by atoms with Gasteiger partial charge in [0.2, 0.25) is 0 Å². The van der Waals surface area contributed by atoms with Crippen LogP contribution in [0.25, 0.3) is 0 Å². The summed E-state index contributed by atoms with van der Waals surface area (Å²) in [5.41, 5.74) is 1.24. The molecule has 0 aliphatic carbocycles. The van der Waals surface area contributed by atoms with Crippen molar-refractivity contribution in [2.45, 2.75) is 13.0 Å². The van der Waals surface area contributed by atoms with Crippen molar-refractivity contribution in [3.8, 4) is 5.75 Å². The third kappa shape index (κ3) is 3.60. The highest BCUT2D eigenvalue weighted by molar-refractivity contribution is 9.10. The van der Waals surface area contributed by atoms with Gasteiger partial charge in [0.25, 0.3) is 0 Å². The van der Waals surface area contributed by atoms with Crippen molar-refractivity contribution in [2.75, 3.05) is 13.7 Å². The number of ether oxygens (including phenoxy) is 1. The molecule has 0 amide bonds. The van der Waals surface area contributed by atoms with Crippen LogP contribution in [-0.2, 0) is 0 Å². The maximum Gasteiger partial charge on any atom is 0.165 e. The molecule has 5 heteroatoms. The van der Waals surface area contributed by atoms with Crippen LogP contribution in [-0.4, -0.2) is 13.7 Å². The zero-order valence-corrected chi connectivity index (χ0v) is 13.4. The third-order valence-corrected chi connectivity index (χ3v) is 3.68. The SMILES string of the molecule is CCNC(c1ccc(F)c(OC)c1)c1cc(Br)ccc1F. The predicted octanol–water partition coefficient (Wildman–Crippen LogP) is 4.43. The van der Waals surface area contributed by atoms with Gasteiger partial charge >= 0.3 is 0 Å². The first-order chi connectivity index (χ1) is 10.1. The highest BCUT2D eigenvalue weighted by atomic mass is 79.9. The van der Waals surface area contributed by atoms with Crippen molar-refractivity contribution >= 4 is 15.9 Å². The Labute approximate surface area is 131 Å². The van der Waals surface area contributed by atoms with Gasteiger partial charge in [-0.15, -0.1) is 0 Å². The van der Waals surface area contributed by atoms with Crippen molar-refractivity contribution in [2.24, 2.45) is 0 Å². The Kier molecular flexibility index (Phi) is 5.31. The average Bonchev–Trinajstić information content (AvgIpc) is 2.48. The number of methoxy groups -OCH3 is 1. The molecule has 2 aromatic rings. The monoisotopic (exact) mass is 355 g/mol. The molecule has 0 saturated heterocycles. The van der Waals surface area contributed by atoms with Gasteiger partial charge in [-0.3, -0.25) is 0 Å². The Morgan fingerprint density at radius 1 is 1.14 bits per heavy atom. The maximum atomic E-state index is 14.1. The van der Waals surface area contributed by atoms with Crippen LogP contribution in [0, 0.1) is 11.6 Å². The molecule has 1 atom stereocenters. The van der Waals surface area contributed by atoms with E-state index in [1.807, 2.05) is 6.92 Å². The van der Waals surface area contributed by atoms with Gasteiger partial charge in [-0.05, 0) is 42.4 Å². The van der Waals surface area contributed by atoms with E-state index < -0.39 is 5.82 Å². The minimum atomic E-state index is -0.439. The van der Waals surface area contributed by atoms with Crippen LogP contribution in [0.15, 0.2) is 40.9 Å². The van der Waals surface area contributed by atoms with Crippen molar-refractivity contribution in [1.82, 2.24) is 5.32 Å². The van der Waals surface area contributed by atoms with E-state index in [1.54, 1.807) is 24.3 Å². The number of halogens is 3. The summed E-state index contributed by atoms with van der Waals surface area (Å²) in [5, 5.41) is 3.22. The zero-order valence-electron chi connectivity index (χ0n) is 11.8. The summed E-state index contributed by atoms with van der Waals surface area (Å²) in [4.78, 5) is 0. The van der Waals surface area contributed by atoms with Gasteiger partial charge in [0.1, 0.15) is 5.82 Å². The van der Waals surface area contributed by atoms with E-state index in [9.17, 15) is 8.78 Å². The average molecular weight is 356 g/mol. The first-order valence-corrected chi connectivity index (χ1v) is 7.38. The van der Waals surface area contributed by atoms with Crippen LogP contribution in [0.5, 0.6) is 5.75 Å². The summed E-state index contributed by atoms with van der Waals surface area (Å²) in [5.74, 6) is -0.607. The molecule has 2 nitrogen and oxygen atoms in total. The second-order valence-corrected chi connectivity index (χ2v) is 5.47. The highest BCUT2D eigenvalue weighted by Gasteiger charge is 2.19. The second kappa shape index (κ2) is 7.00. The van der Waals surface area contributed by atoms with Crippen LogP contribution < -0.4 is 10.1 Å². The first-order valence-electron chi connectivity index (χ1n) is 6.58. The number of nitrogens with one attached hydrogen (secondary N) is 1. The number of rotatable bonds is 5. The molecule has 0 aliphatic heterocycles. The number of hydrogen-bond donors (Lipinski definition) is 1. The van der Waals surface area contributed by atoms with E-state index in [1.165, 1.54) is 19.2 Å². The van der Waals surface area contributed by atoms with Gasteiger partial charge in [-0.1, -0.05) is 28.9 Å². The molecule has 0 aromatic heterocycles. The van der Waals surface area contributed by atoms with Crippen LogP contribution >= 0.6 is 15.9 Å². The molecule has 0 radical (unpaired) electrons. The lowest BCUT2D eigenvalue weighted by Gasteiger charge is -2.20. The normalized spacial score (nSPS) is 12.2. The molecule has 2 aromatic carbocycles. The molecule has 0 aliphatic rings. The maximum absolute atomic E-state index is 14.1. The molecule has 1 unspecified atom stereocenters. The van der Waals surface area contributed by atoms with E-state index in [4.69, 9.17) is 4.74 Å². The number of hydrogen-bond acceptors (Lipinski definition) is 2. The molecular weight excluding hydrogens is 340 g/mol. The lowest BCUT2D eigenvalue weighted by molar-refractivity contribution is 0.385. The van der Waals surface area contributed by atoms with Crippen molar-refractivity contribution < 1.29 is 13.5 Å². The van der Waals surface area contributed by atoms with Crippen LogP contribution in [0.4, 0.5) is 8.78 Å². The summed E-state index contributed by atoms with van der Waals surface area (Å²) in [6.07, 6.45) is 0. The van der Waals surface area contributed by atoms with Crippen LogP contribution in [0.3, 0.4) is 0 Å². The van der Waals surface area contributed by atoms with Gasteiger partial charge in [-0.2, -0.15) is 0 Å². The van der Waals surface area contributed by atoms with Crippen molar-refractivity contribution in [3.63, 3.8) is 0 Å². The second-order valence-electron chi connectivity index (χ2n) is 4.55. The smallest absolute Gasteiger partial charge is 0.165 e. The van der Waals surface area contributed by atoms with E-state index in [0.717, 1.165) is 10.0 Å². The molecule has 0 heterocycles. The molecule has 0 bridgehead atoms. The van der Waals surface area contributed by atoms with Crippen LogP contribution in [0.1, 0.15) is 24.1 Å². The summed E-state index contributed by atoms with van der Waals surface area (Å²) < 4.78 is 33.4. The van der Waals surface area contributed by atoms with E-state index in [2.05, 4.69) is 21.2 Å². The lowest BCUT2D eigenvalue weighted by atomic mass is 9.98. The molecule has 112 valence electrons. The topological polar surface area (TPSA) is 21.3 Å². The zero-order chi connectivity index (χ0) is 15.4. The van der Waals surface area contributed by atoms with Crippen molar-refractivity contribution in [1.29, 1.82) is 0 Å². The van der Waals surface area contributed by atoms with Crippen molar-refractivity contribution in [3.05, 3.63) is 63.6 Å². The minimum absolute atomic E-state index is 0.144. The predicted molar refractivity (Wildman–Crippen MR) is 82.6 cm³/mol. The summed E-state index contributed by atoms with van der Waals surface area (Å²) >= 11 is 3.35. The Morgan fingerprint density at radius 3 is 2.52 bits per heavy atom. The van der Waals surface area contributed by atoms with E-state index >= 15 is 0 Å². The molecule has 0 spiro atoms. The Morgan fingerprint density at radius 2 is 1.86 bits per heavy atom. The van der Waals surface area contributed by atoms with Gasteiger partial charge in [0, 0.05) is 10.0 Å². The number of benzene rings is 2. The highest BCUT2D eigenvalue weighted by Crippen LogP contribution is 2.30. The van der Waals surface area contributed by atoms with Gasteiger partial charge < -0.3 is 10.1 Å². The van der Waals surface area contributed by atoms with Gasteiger partial charge in [0.05, 0.1) is 13.2 Å². The molecule has 2 rings (SSSR count). The third-order valence-electron chi connectivity index (χ3n) is 3.19. The van der Waals surface area contributed by atoms with E-state index in [0.29, 0.717) is 12.1 Å². The van der Waals surface area contributed by atoms with E-state index in [-0.39, 0.29) is 17.6 Å². The Hall–Kier alpha value is -1.46. The first kappa shape index (κ1) is 15.9. The summed E-state index contributed by atoms with van der Waals surface area (Å²) in [6, 6.07) is 8.95. The molecule has 0 fully saturated rings. The van der Waals surface area contributed by atoms with Crippen LogP contribution in [0.2, 0.25) is 0 Å². The molecule has 0 saturated carbocycles. The molecule has 21 heavy (non-hydrogen) atoms. The lowest BCUT2D eigenvalue weighted by Crippen LogP contribution is -2.23. The summed E-state index contributed by atoms with van der Waals surface area (Å²) in [7, 11) is 1.41. The van der Waals surface area contributed by atoms with Gasteiger partial charge in [0.15, 0.2) is 11.6 Å². The fraction of sp³-hybridized carbons (Fsp3) is 0.250. The molecule has 1 N–H and O–H groups in total. The van der Waals surface area contributed by atoms with Gasteiger partial charge in [-0.25, -0.2) is 8.78 Å². The quantitative estimate of drug-likeness (QED) is 0.856. The standard InChI is InChI=1S/C16H16BrF2NO/c1-3-20-16(12-9-11(17)5-7-13(12)18)10-4-6-14(19)15(8-10)21-2/h4-9,16,20H,3H2,1-2H3. The largest absolute Gasteiger partial charge is 0.494 e.